The van der Waals surface area contributed by atoms with E-state index in [0.29, 0.717) is 26.1 Å². The van der Waals surface area contributed by atoms with Crippen molar-refractivity contribution in [3.63, 3.8) is 0 Å². The van der Waals surface area contributed by atoms with E-state index in [1.54, 1.807) is 0 Å². The molecular formula is C36H31NO5. The van der Waals surface area contributed by atoms with Crippen molar-refractivity contribution in [3.05, 3.63) is 126 Å². The Balaban J connectivity index is 1.24. The number of carboxylic acid groups (broad SMARTS) is 1. The molecule has 0 bridgehead atoms. The number of nitrogens with one attached hydrogen (secondary N) is 1. The lowest BCUT2D eigenvalue weighted by Gasteiger charge is -2.12. The van der Waals surface area contributed by atoms with Gasteiger partial charge in [0, 0.05) is 28.3 Å². The van der Waals surface area contributed by atoms with E-state index in [9.17, 15) is 9.90 Å². The lowest BCUT2D eigenvalue weighted by molar-refractivity contribution is 0.142. The fourth-order valence-electron chi connectivity index (χ4n) is 5.45. The van der Waals surface area contributed by atoms with E-state index in [0.717, 1.165) is 61.8 Å². The Morgan fingerprint density at radius 2 is 1.38 bits per heavy atom. The fourth-order valence-corrected chi connectivity index (χ4v) is 5.45. The fraction of sp³-hybridized carbons (Fsp3) is 0.139. The molecule has 2 N–H and O–H groups in total. The molecule has 6 heteroatoms. The first kappa shape index (κ1) is 27.0. The molecule has 1 aromatic heterocycles. The van der Waals surface area contributed by atoms with Gasteiger partial charge in [-0.05, 0) is 47.6 Å². The van der Waals surface area contributed by atoms with Crippen molar-refractivity contribution >= 4 is 27.8 Å². The maximum absolute atomic E-state index is 11.6. The predicted molar refractivity (Wildman–Crippen MR) is 166 cm³/mol. The number of hydrogen-bond acceptors (Lipinski definition) is 4. The largest absolute Gasteiger partial charge is 0.512 e. The molecule has 0 spiro atoms. The quantitative estimate of drug-likeness (QED) is 0.123. The summed E-state index contributed by atoms with van der Waals surface area (Å²) in [7, 11) is 0. The Bertz CT molecular complexity index is 1820. The lowest BCUT2D eigenvalue weighted by atomic mass is 9.95. The highest BCUT2D eigenvalue weighted by atomic mass is 16.7. The average molecular weight is 558 g/mol. The molecule has 0 aliphatic carbocycles. The SMILES string of the molecule is O=C(O)Oc1[nH]c2c(-c3ccccc3CCOc3ccccc3)cccc2c1CCCOc1cccc2ccccc12. The zero-order valence-electron chi connectivity index (χ0n) is 23.1. The molecule has 6 rings (SSSR count). The van der Waals surface area contributed by atoms with Crippen LogP contribution >= 0.6 is 0 Å². The van der Waals surface area contributed by atoms with Crippen LogP contribution in [0.1, 0.15) is 17.5 Å². The molecule has 0 unspecified atom stereocenters. The Morgan fingerprint density at radius 3 is 2.26 bits per heavy atom. The van der Waals surface area contributed by atoms with E-state index in [-0.39, 0.29) is 5.88 Å². The van der Waals surface area contributed by atoms with Crippen LogP contribution in [0.5, 0.6) is 17.4 Å². The molecule has 6 aromatic rings. The molecule has 42 heavy (non-hydrogen) atoms. The van der Waals surface area contributed by atoms with E-state index in [1.807, 2.05) is 84.9 Å². The standard InChI is InChI=1S/C36H31NO5/c38-36(39)42-35-32(20-10-23-41-33-21-8-13-25-11-5-7-17-29(25)33)31-19-9-18-30(34(31)37-35)28-16-6-4-12-26(28)22-24-40-27-14-2-1-3-15-27/h1-9,11-19,21,37H,10,20,22-24H2,(H,38,39). The van der Waals surface area contributed by atoms with Crippen LogP contribution in [0.3, 0.4) is 0 Å². The van der Waals surface area contributed by atoms with Crippen LogP contribution in [0.15, 0.2) is 115 Å². The second-order valence-corrected chi connectivity index (χ2v) is 10.0. The van der Waals surface area contributed by atoms with E-state index in [2.05, 4.69) is 35.3 Å². The zero-order valence-corrected chi connectivity index (χ0v) is 23.1. The van der Waals surface area contributed by atoms with Gasteiger partial charge in [0.2, 0.25) is 5.88 Å². The summed E-state index contributed by atoms with van der Waals surface area (Å²) < 4.78 is 17.3. The van der Waals surface area contributed by atoms with Crippen molar-refractivity contribution in [2.75, 3.05) is 13.2 Å². The molecule has 1 heterocycles. The highest BCUT2D eigenvalue weighted by molar-refractivity contribution is 5.98. The smallest absolute Gasteiger partial charge is 0.493 e. The number of aromatic nitrogens is 1. The molecule has 0 atom stereocenters. The monoisotopic (exact) mass is 557 g/mol. The normalized spacial score (nSPS) is 11.0. The molecule has 0 saturated carbocycles. The summed E-state index contributed by atoms with van der Waals surface area (Å²) in [5.74, 6) is 1.93. The van der Waals surface area contributed by atoms with Crippen LogP contribution in [-0.2, 0) is 12.8 Å². The van der Waals surface area contributed by atoms with Gasteiger partial charge in [-0.15, -0.1) is 0 Å². The molecule has 0 aliphatic rings. The van der Waals surface area contributed by atoms with Crippen LogP contribution in [0.2, 0.25) is 0 Å². The molecule has 0 saturated heterocycles. The predicted octanol–water partition coefficient (Wildman–Crippen LogP) is 8.68. The highest BCUT2D eigenvalue weighted by Gasteiger charge is 2.19. The molecule has 0 aliphatic heterocycles. The third-order valence-electron chi connectivity index (χ3n) is 7.36. The number of fused-ring (bicyclic) bond motifs is 2. The maximum Gasteiger partial charge on any atom is 0.512 e. The average Bonchev–Trinajstić information content (AvgIpc) is 3.36. The molecule has 0 fully saturated rings. The highest BCUT2D eigenvalue weighted by Crippen LogP contribution is 2.37. The van der Waals surface area contributed by atoms with Crippen molar-refractivity contribution in [3.8, 4) is 28.5 Å². The van der Waals surface area contributed by atoms with Crippen molar-refractivity contribution in [2.45, 2.75) is 19.3 Å². The number of ether oxygens (including phenoxy) is 3. The summed E-state index contributed by atoms with van der Waals surface area (Å²) in [6, 6.07) is 38.2. The van der Waals surface area contributed by atoms with Crippen LogP contribution < -0.4 is 14.2 Å². The third kappa shape index (κ3) is 5.93. The van der Waals surface area contributed by atoms with Crippen LogP contribution in [0.4, 0.5) is 4.79 Å². The summed E-state index contributed by atoms with van der Waals surface area (Å²) in [5, 5.41) is 12.6. The lowest BCUT2D eigenvalue weighted by Crippen LogP contribution is -2.06. The van der Waals surface area contributed by atoms with Crippen LogP contribution in [-0.4, -0.2) is 29.5 Å². The van der Waals surface area contributed by atoms with E-state index in [4.69, 9.17) is 14.2 Å². The van der Waals surface area contributed by atoms with Crippen LogP contribution in [0, 0.1) is 0 Å². The second-order valence-electron chi connectivity index (χ2n) is 10.0. The summed E-state index contributed by atoms with van der Waals surface area (Å²) in [6.07, 6.45) is 0.640. The topological polar surface area (TPSA) is 80.8 Å². The van der Waals surface area contributed by atoms with Gasteiger partial charge >= 0.3 is 6.16 Å². The number of carbonyl (C=O) groups is 1. The maximum atomic E-state index is 11.6. The van der Waals surface area contributed by atoms with Gasteiger partial charge in [-0.25, -0.2) is 4.79 Å². The number of benzene rings is 5. The van der Waals surface area contributed by atoms with Gasteiger partial charge < -0.3 is 24.3 Å². The second kappa shape index (κ2) is 12.5. The van der Waals surface area contributed by atoms with E-state index in [1.165, 1.54) is 0 Å². The minimum absolute atomic E-state index is 0.250. The van der Waals surface area contributed by atoms with Crippen LogP contribution in [0.25, 0.3) is 32.8 Å². The first-order valence-corrected chi connectivity index (χ1v) is 14.1. The minimum Gasteiger partial charge on any atom is -0.493 e. The number of para-hydroxylation sites is 2. The Morgan fingerprint density at radius 1 is 0.667 bits per heavy atom. The Hall–Kier alpha value is -5.23. The number of H-pyrrole nitrogens is 1. The number of hydrogen-bond donors (Lipinski definition) is 2. The summed E-state index contributed by atoms with van der Waals surface area (Å²) >= 11 is 0. The van der Waals surface area contributed by atoms with Crippen molar-refractivity contribution in [1.29, 1.82) is 0 Å². The van der Waals surface area contributed by atoms with Gasteiger partial charge in [0.05, 0.1) is 18.7 Å². The van der Waals surface area contributed by atoms with Crippen molar-refractivity contribution in [1.82, 2.24) is 4.98 Å². The van der Waals surface area contributed by atoms with Gasteiger partial charge in [0.1, 0.15) is 11.5 Å². The van der Waals surface area contributed by atoms with Gasteiger partial charge in [0.15, 0.2) is 0 Å². The molecule has 5 aromatic carbocycles. The molecular weight excluding hydrogens is 526 g/mol. The Labute approximate surface area is 244 Å². The Kier molecular flexibility index (Phi) is 8.04. The van der Waals surface area contributed by atoms with Gasteiger partial charge in [-0.1, -0.05) is 97.1 Å². The van der Waals surface area contributed by atoms with E-state index >= 15 is 0 Å². The van der Waals surface area contributed by atoms with Crippen molar-refractivity contribution in [2.24, 2.45) is 0 Å². The molecule has 210 valence electrons. The number of aryl methyl sites for hydroxylation is 1. The summed E-state index contributed by atoms with van der Waals surface area (Å²) in [6.45, 7) is 1.02. The minimum atomic E-state index is -1.35. The van der Waals surface area contributed by atoms with Gasteiger partial charge in [-0.3, -0.25) is 0 Å². The molecule has 0 amide bonds. The molecule has 6 nitrogen and oxygen atoms in total. The van der Waals surface area contributed by atoms with E-state index < -0.39 is 6.16 Å². The molecule has 0 radical (unpaired) electrons. The number of rotatable bonds is 11. The van der Waals surface area contributed by atoms with Gasteiger partial charge in [0.25, 0.3) is 0 Å². The zero-order chi connectivity index (χ0) is 28.7. The van der Waals surface area contributed by atoms with Gasteiger partial charge in [-0.2, -0.15) is 0 Å². The van der Waals surface area contributed by atoms with Crippen molar-refractivity contribution < 1.29 is 24.1 Å². The first-order valence-electron chi connectivity index (χ1n) is 14.1. The third-order valence-corrected chi connectivity index (χ3v) is 7.36. The first-order chi connectivity index (χ1) is 20.7. The summed E-state index contributed by atoms with van der Waals surface area (Å²) in [5.41, 5.74) is 4.85. The summed E-state index contributed by atoms with van der Waals surface area (Å²) in [4.78, 5) is 14.9. The number of aromatic amines is 1.